The standard InChI is InChI=1S/C10H11BrN4O2S/c1-15-10(4-5-13-15)14-18(16,17)9-6-7(11)2-3-8(9)12/h2-6,14H,12H2,1H3. The molecule has 0 aliphatic rings. The number of anilines is 2. The van der Waals surface area contributed by atoms with Gasteiger partial charge in [0.15, 0.2) is 0 Å². The molecule has 0 amide bonds. The van der Waals surface area contributed by atoms with Crippen LogP contribution in [0.15, 0.2) is 39.8 Å². The minimum atomic E-state index is -3.72. The van der Waals surface area contributed by atoms with Crippen LogP contribution >= 0.6 is 15.9 Å². The van der Waals surface area contributed by atoms with Gasteiger partial charge in [-0.05, 0) is 18.2 Å². The molecule has 0 saturated carbocycles. The Balaban J connectivity index is 2.43. The van der Waals surface area contributed by atoms with E-state index in [4.69, 9.17) is 5.73 Å². The molecule has 0 spiro atoms. The Bertz CT molecular complexity index is 681. The van der Waals surface area contributed by atoms with Gasteiger partial charge in [0.25, 0.3) is 10.0 Å². The van der Waals surface area contributed by atoms with Crippen molar-refractivity contribution in [3.8, 4) is 0 Å². The Hall–Kier alpha value is -1.54. The van der Waals surface area contributed by atoms with Gasteiger partial charge in [-0.1, -0.05) is 15.9 Å². The van der Waals surface area contributed by atoms with Gasteiger partial charge >= 0.3 is 0 Å². The first-order valence-corrected chi connectivity index (χ1v) is 7.23. The molecule has 0 bridgehead atoms. The predicted octanol–water partition coefficient (Wildman–Crippen LogP) is 1.57. The molecule has 1 aromatic carbocycles. The summed E-state index contributed by atoms with van der Waals surface area (Å²) in [4.78, 5) is 0.0260. The molecule has 6 nitrogen and oxygen atoms in total. The molecule has 0 aliphatic heterocycles. The first-order chi connectivity index (χ1) is 8.40. The molecule has 8 heteroatoms. The maximum absolute atomic E-state index is 12.2. The number of sulfonamides is 1. The van der Waals surface area contributed by atoms with Gasteiger partial charge in [-0.2, -0.15) is 5.10 Å². The molecule has 0 saturated heterocycles. The van der Waals surface area contributed by atoms with Crippen LogP contribution in [0.3, 0.4) is 0 Å². The smallest absolute Gasteiger partial charge is 0.265 e. The number of hydrogen-bond donors (Lipinski definition) is 2. The fourth-order valence-corrected chi connectivity index (χ4v) is 3.17. The van der Waals surface area contributed by atoms with E-state index in [-0.39, 0.29) is 10.6 Å². The summed E-state index contributed by atoms with van der Waals surface area (Å²) >= 11 is 3.22. The zero-order chi connectivity index (χ0) is 13.3. The lowest BCUT2D eigenvalue weighted by Crippen LogP contribution is -2.16. The lowest BCUT2D eigenvalue weighted by Gasteiger charge is -2.10. The number of hydrogen-bond acceptors (Lipinski definition) is 4. The highest BCUT2D eigenvalue weighted by molar-refractivity contribution is 9.10. The van der Waals surface area contributed by atoms with Crippen molar-refractivity contribution < 1.29 is 8.42 Å². The fourth-order valence-electron chi connectivity index (χ4n) is 1.41. The van der Waals surface area contributed by atoms with Crippen molar-refractivity contribution in [3.63, 3.8) is 0 Å². The maximum Gasteiger partial charge on any atom is 0.265 e. The highest BCUT2D eigenvalue weighted by Crippen LogP contribution is 2.24. The lowest BCUT2D eigenvalue weighted by atomic mass is 10.3. The Morgan fingerprint density at radius 3 is 2.72 bits per heavy atom. The van der Waals surface area contributed by atoms with Gasteiger partial charge in [0, 0.05) is 17.6 Å². The molecular formula is C10H11BrN4O2S. The van der Waals surface area contributed by atoms with E-state index in [1.165, 1.54) is 23.0 Å². The zero-order valence-electron chi connectivity index (χ0n) is 9.46. The quantitative estimate of drug-likeness (QED) is 0.836. The Kier molecular flexibility index (Phi) is 3.31. The van der Waals surface area contributed by atoms with Crippen molar-refractivity contribution in [1.29, 1.82) is 0 Å². The number of nitrogens with two attached hydrogens (primary N) is 1. The van der Waals surface area contributed by atoms with E-state index in [0.717, 1.165) is 0 Å². The van der Waals surface area contributed by atoms with E-state index < -0.39 is 10.0 Å². The second-order valence-corrected chi connectivity index (χ2v) is 6.19. The van der Waals surface area contributed by atoms with Gasteiger partial charge in [0.2, 0.25) is 0 Å². The maximum atomic E-state index is 12.2. The predicted molar refractivity (Wildman–Crippen MR) is 72.6 cm³/mol. The number of nitrogens with one attached hydrogen (secondary N) is 1. The molecule has 1 aromatic heterocycles. The van der Waals surface area contributed by atoms with Gasteiger partial charge in [0.05, 0.1) is 11.9 Å². The number of nitrogen functional groups attached to an aromatic ring is 1. The Morgan fingerprint density at radius 1 is 1.39 bits per heavy atom. The monoisotopic (exact) mass is 330 g/mol. The molecule has 1 heterocycles. The van der Waals surface area contributed by atoms with Crippen LogP contribution in [0.1, 0.15) is 0 Å². The van der Waals surface area contributed by atoms with Crippen molar-refractivity contribution in [2.45, 2.75) is 4.90 Å². The molecule has 18 heavy (non-hydrogen) atoms. The largest absolute Gasteiger partial charge is 0.398 e. The second kappa shape index (κ2) is 4.62. The number of aryl methyl sites for hydroxylation is 1. The third-order valence-electron chi connectivity index (χ3n) is 2.32. The topological polar surface area (TPSA) is 90.0 Å². The zero-order valence-corrected chi connectivity index (χ0v) is 11.9. The molecule has 0 aliphatic carbocycles. The average molecular weight is 331 g/mol. The molecular weight excluding hydrogens is 320 g/mol. The van der Waals surface area contributed by atoms with Crippen LogP contribution in [0, 0.1) is 0 Å². The summed E-state index contributed by atoms with van der Waals surface area (Å²) in [6.07, 6.45) is 1.50. The van der Waals surface area contributed by atoms with E-state index in [0.29, 0.717) is 10.3 Å². The van der Waals surface area contributed by atoms with Crippen LogP contribution in [0.2, 0.25) is 0 Å². The van der Waals surface area contributed by atoms with E-state index >= 15 is 0 Å². The number of benzene rings is 1. The first-order valence-electron chi connectivity index (χ1n) is 4.96. The van der Waals surface area contributed by atoms with Crippen molar-refractivity contribution >= 4 is 37.5 Å². The van der Waals surface area contributed by atoms with Crippen molar-refractivity contribution in [2.24, 2.45) is 7.05 Å². The van der Waals surface area contributed by atoms with E-state index in [9.17, 15) is 8.42 Å². The van der Waals surface area contributed by atoms with Crippen molar-refractivity contribution in [2.75, 3.05) is 10.5 Å². The van der Waals surface area contributed by atoms with E-state index in [1.54, 1.807) is 19.2 Å². The summed E-state index contributed by atoms with van der Waals surface area (Å²) < 4.78 is 28.8. The molecule has 3 N–H and O–H groups in total. The van der Waals surface area contributed by atoms with Crippen LogP contribution in [-0.2, 0) is 17.1 Å². The normalized spacial score (nSPS) is 11.4. The van der Waals surface area contributed by atoms with Gasteiger partial charge in [-0.25, -0.2) is 8.42 Å². The van der Waals surface area contributed by atoms with E-state index in [2.05, 4.69) is 25.8 Å². The van der Waals surface area contributed by atoms with Gasteiger partial charge in [-0.3, -0.25) is 9.40 Å². The summed E-state index contributed by atoms with van der Waals surface area (Å²) in [5, 5.41) is 3.88. The summed E-state index contributed by atoms with van der Waals surface area (Å²) in [7, 11) is -2.08. The van der Waals surface area contributed by atoms with Crippen LogP contribution in [0.25, 0.3) is 0 Å². The molecule has 0 fully saturated rings. The third kappa shape index (κ3) is 2.49. The van der Waals surface area contributed by atoms with Crippen molar-refractivity contribution in [1.82, 2.24) is 9.78 Å². The average Bonchev–Trinajstić information content (AvgIpc) is 2.67. The van der Waals surface area contributed by atoms with Crippen LogP contribution in [-0.4, -0.2) is 18.2 Å². The highest BCUT2D eigenvalue weighted by atomic mass is 79.9. The minimum Gasteiger partial charge on any atom is -0.398 e. The molecule has 0 atom stereocenters. The molecule has 96 valence electrons. The van der Waals surface area contributed by atoms with Gasteiger partial charge in [-0.15, -0.1) is 0 Å². The van der Waals surface area contributed by atoms with Crippen LogP contribution < -0.4 is 10.5 Å². The van der Waals surface area contributed by atoms with E-state index in [1.807, 2.05) is 0 Å². The number of halogens is 1. The highest BCUT2D eigenvalue weighted by Gasteiger charge is 2.19. The number of rotatable bonds is 3. The summed E-state index contributed by atoms with van der Waals surface area (Å²) in [6.45, 7) is 0. The molecule has 2 aromatic rings. The molecule has 2 rings (SSSR count). The lowest BCUT2D eigenvalue weighted by molar-refractivity contribution is 0.600. The fraction of sp³-hybridized carbons (Fsp3) is 0.100. The molecule has 0 radical (unpaired) electrons. The van der Waals surface area contributed by atoms with Crippen LogP contribution in [0.4, 0.5) is 11.5 Å². The van der Waals surface area contributed by atoms with Gasteiger partial charge in [0.1, 0.15) is 10.7 Å². The minimum absolute atomic E-state index is 0.0260. The second-order valence-electron chi connectivity index (χ2n) is 3.63. The number of aromatic nitrogens is 2. The molecule has 0 unspecified atom stereocenters. The Morgan fingerprint density at radius 2 is 2.11 bits per heavy atom. The SMILES string of the molecule is Cn1nccc1NS(=O)(=O)c1cc(Br)ccc1N. The summed E-state index contributed by atoms with van der Waals surface area (Å²) in [6, 6.07) is 6.22. The van der Waals surface area contributed by atoms with Crippen molar-refractivity contribution in [3.05, 3.63) is 34.9 Å². The van der Waals surface area contributed by atoms with Gasteiger partial charge < -0.3 is 5.73 Å². The third-order valence-corrected chi connectivity index (χ3v) is 4.23. The summed E-state index contributed by atoms with van der Waals surface area (Å²) in [5.74, 6) is 0.370. The summed E-state index contributed by atoms with van der Waals surface area (Å²) in [5.41, 5.74) is 5.87. The Labute approximate surface area is 113 Å². The van der Waals surface area contributed by atoms with Crippen LogP contribution in [0.5, 0.6) is 0 Å². The number of nitrogens with zero attached hydrogens (tertiary/aromatic N) is 2. The first kappa shape index (κ1) is 12.9.